The first-order valence-corrected chi connectivity index (χ1v) is 6.80. The summed E-state index contributed by atoms with van der Waals surface area (Å²) in [6, 6.07) is 9.85. The molecule has 0 fully saturated rings. The first-order valence-electron chi connectivity index (χ1n) is 5.92. The van der Waals surface area contributed by atoms with Crippen molar-refractivity contribution in [1.29, 1.82) is 5.26 Å². The lowest BCUT2D eigenvalue weighted by Crippen LogP contribution is -2.21. The minimum atomic E-state index is -0.562. The molecule has 0 spiro atoms. The van der Waals surface area contributed by atoms with Gasteiger partial charge in [0.2, 0.25) is 5.91 Å². The molecule has 0 aliphatic carbocycles. The molecule has 0 bridgehead atoms. The van der Waals surface area contributed by atoms with Crippen molar-refractivity contribution in [3.63, 3.8) is 0 Å². The molecule has 1 amide bonds. The number of amides is 1. The summed E-state index contributed by atoms with van der Waals surface area (Å²) in [5.74, 6) is -0.776. The van der Waals surface area contributed by atoms with E-state index in [4.69, 9.17) is 5.26 Å². The Kier molecular flexibility index (Phi) is 3.96. The summed E-state index contributed by atoms with van der Waals surface area (Å²) in [7, 11) is 0. The summed E-state index contributed by atoms with van der Waals surface area (Å²) in [5, 5.41) is 14.9. The summed E-state index contributed by atoms with van der Waals surface area (Å²) >= 11 is 1.67. The Morgan fingerprint density at radius 2 is 2.33 bits per heavy atom. The molecule has 2 rings (SSSR count). The van der Waals surface area contributed by atoms with E-state index in [9.17, 15) is 4.79 Å². The van der Waals surface area contributed by atoms with Crippen molar-refractivity contribution in [3.8, 4) is 6.07 Å². The van der Waals surface area contributed by atoms with Gasteiger partial charge in [0.25, 0.3) is 0 Å². The molecule has 0 aliphatic rings. The number of benzene rings is 1. The molecule has 1 aromatic heterocycles. The Labute approximate surface area is 110 Å². The van der Waals surface area contributed by atoms with Crippen LogP contribution in [0.3, 0.4) is 0 Å². The van der Waals surface area contributed by atoms with Crippen LogP contribution >= 0.6 is 11.3 Å². The van der Waals surface area contributed by atoms with Crippen LogP contribution < -0.4 is 5.32 Å². The zero-order valence-electron chi connectivity index (χ0n) is 10.1. The number of nitriles is 1. The Bertz CT molecular complexity index is 597. The van der Waals surface area contributed by atoms with Crippen LogP contribution in [0.15, 0.2) is 29.6 Å². The second-order valence-electron chi connectivity index (χ2n) is 4.13. The molecule has 1 heterocycles. The summed E-state index contributed by atoms with van der Waals surface area (Å²) in [4.78, 5) is 11.9. The van der Waals surface area contributed by atoms with Crippen molar-refractivity contribution in [2.75, 3.05) is 5.32 Å². The molecule has 92 valence electrons. The van der Waals surface area contributed by atoms with Gasteiger partial charge in [0.1, 0.15) is 5.92 Å². The van der Waals surface area contributed by atoms with Crippen LogP contribution in [0.25, 0.3) is 10.1 Å². The lowest BCUT2D eigenvalue weighted by atomic mass is 10.0. The molecule has 0 saturated heterocycles. The zero-order chi connectivity index (χ0) is 13.0. The zero-order valence-corrected chi connectivity index (χ0v) is 11.0. The average molecular weight is 258 g/mol. The summed E-state index contributed by atoms with van der Waals surface area (Å²) in [6.45, 7) is 1.97. The van der Waals surface area contributed by atoms with Crippen LogP contribution in [0.2, 0.25) is 0 Å². The number of hydrogen-bond acceptors (Lipinski definition) is 3. The van der Waals surface area contributed by atoms with Gasteiger partial charge in [-0.1, -0.05) is 13.3 Å². The molecule has 0 aliphatic heterocycles. The number of rotatable bonds is 4. The standard InChI is InChI=1S/C14H14N2OS/c1-2-3-11(9-15)14(17)16-12-4-5-13-10(8-12)6-7-18-13/h4-8,11H,2-3H2,1H3,(H,16,17). The topological polar surface area (TPSA) is 52.9 Å². The Balaban J connectivity index is 2.13. The summed E-state index contributed by atoms with van der Waals surface area (Å²) in [6.07, 6.45) is 1.43. The van der Waals surface area contributed by atoms with E-state index in [0.29, 0.717) is 6.42 Å². The lowest BCUT2D eigenvalue weighted by molar-refractivity contribution is -0.118. The largest absolute Gasteiger partial charge is 0.325 e. The molecule has 1 unspecified atom stereocenters. The fourth-order valence-corrected chi connectivity index (χ4v) is 2.59. The van der Waals surface area contributed by atoms with Crippen molar-refractivity contribution in [2.45, 2.75) is 19.8 Å². The van der Waals surface area contributed by atoms with Crippen molar-refractivity contribution < 1.29 is 4.79 Å². The SMILES string of the molecule is CCCC(C#N)C(=O)Nc1ccc2sccc2c1. The second kappa shape index (κ2) is 5.65. The van der Waals surface area contributed by atoms with E-state index in [2.05, 4.69) is 5.32 Å². The fourth-order valence-electron chi connectivity index (χ4n) is 1.82. The maximum atomic E-state index is 11.9. The second-order valence-corrected chi connectivity index (χ2v) is 5.08. The first kappa shape index (κ1) is 12.6. The maximum absolute atomic E-state index is 11.9. The molecule has 2 aromatic rings. The molecular weight excluding hydrogens is 244 g/mol. The molecule has 1 aromatic carbocycles. The molecule has 4 heteroatoms. The number of nitrogens with one attached hydrogen (secondary N) is 1. The monoisotopic (exact) mass is 258 g/mol. The highest BCUT2D eigenvalue weighted by molar-refractivity contribution is 7.17. The molecule has 18 heavy (non-hydrogen) atoms. The first-order chi connectivity index (χ1) is 8.74. The maximum Gasteiger partial charge on any atom is 0.241 e. The van der Waals surface area contributed by atoms with Crippen molar-refractivity contribution in [2.24, 2.45) is 5.92 Å². The van der Waals surface area contributed by atoms with Gasteiger partial charge in [0.05, 0.1) is 6.07 Å². The van der Waals surface area contributed by atoms with Crippen molar-refractivity contribution in [3.05, 3.63) is 29.6 Å². The normalized spacial score (nSPS) is 12.0. The minimum Gasteiger partial charge on any atom is -0.325 e. The highest BCUT2D eigenvalue weighted by atomic mass is 32.1. The highest BCUT2D eigenvalue weighted by Crippen LogP contribution is 2.24. The number of thiophene rings is 1. The van der Waals surface area contributed by atoms with Crippen LogP contribution in [-0.2, 0) is 4.79 Å². The van der Waals surface area contributed by atoms with Crippen LogP contribution in [0, 0.1) is 17.2 Å². The van der Waals surface area contributed by atoms with E-state index >= 15 is 0 Å². The van der Waals surface area contributed by atoms with Gasteiger partial charge >= 0.3 is 0 Å². The van der Waals surface area contributed by atoms with Crippen LogP contribution in [0.1, 0.15) is 19.8 Å². The van der Waals surface area contributed by atoms with Gasteiger partial charge in [-0.05, 0) is 41.5 Å². The highest BCUT2D eigenvalue weighted by Gasteiger charge is 2.16. The molecule has 0 saturated carbocycles. The van der Waals surface area contributed by atoms with E-state index in [-0.39, 0.29) is 5.91 Å². The third-order valence-electron chi connectivity index (χ3n) is 2.77. The third kappa shape index (κ3) is 2.69. The quantitative estimate of drug-likeness (QED) is 0.907. The number of carbonyl (C=O) groups excluding carboxylic acids is 1. The summed E-state index contributed by atoms with van der Waals surface area (Å²) in [5.41, 5.74) is 0.752. The van der Waals surface area contributed by atoms with Crippen LogP contribution in [-0.4, -0.2) is 5.91 Å². The third-order valence-corrected chi connectivity index (χ3v) is 3.67. The molecule has 3 nitrogen and oxygen atoms in total. The number of anilines is 1. The van der Waals surface area contributed by atoms with E-state index in [1.165, 1.54) is 4.70 Å². The summed E-state index contributed by atoms with van der Waals surface area (Å²) < 4.78 is 1.19. The Morgan fingerprint density at radius 3 is 3.06 bits per heavy atom. The van der Waals surface area contributed by atoms with Gasteiger partial charge < -0.3 is 5.32 Å². The van der Waals surface area contributed by atoms with Gasteiger partial charge in [-0.15, -0.1) is 11.3 Å². The Hall–Kier alpha value is -1.86. The van der Waals surface area contributed by atoms with Crippen LogP contribution in [0.4, 0.5) is 5.69 Å². The van der Waals surface area contributed by atoms with Gasteiger partial charge in [-0.3, -0.25) is 4.79 Å². The van der Waals surface area contributed by atoms with Gasteiger partial charge in [0, 0.05) is 10.4 Å². The van der Waals surface area contributed by atoms with E-state index < -0.39 is 5.92 Å². The van der Waals surface area contributed by atoms with Gasteiger partial charge in [-0.25, -0.2) is 0 Å². The predicted molar refractivity (Wildman–Crippen MR) is 74.5 cm³/mol. The lowest BCUT2D eigenvalue weighted by Gasteiger charge is -2.09. The average Bonchev–Trinajstić information content (AvgIpc) is 2.83. The predicted octanol–water partition coefficient (Wildman–Crippen LogP) is 3.78. The van der Waals surface area contributed by atoms with Crippen LogP contribution in [0.5, 0.6) is 0 Å². The van der Waals surface area contributed by atoms with E-state index in [0.717, 1.165) is 17.5 Å². The van der Waals surface area contributed by atoms with Gasteiger partial charge in [-0.2, -0.15) is 5.26 Å². The number of nitrogens with zero attached hydrogens (tertiary/aromatic N) is 1. The van der Waals surface area contributed by atoms with Crippen molar-refractivity contribution >= 4 is 33.0 Å². The van der Waals surface area contributed by atoms with Gasteiger partial charge in [0.15, 0.2) is 0 Å². The Morgan fingerprint density at radius 1 is 1.50 bits per heavy atom. The van der Waals surface area contributed by atoms with Crippen molar-refractivity contribution in [1.82, 2.24) is 0 Å². The number of hydrogen-bond donors (Lipinski definition) is 1. The number of carbonyl (C=O) groups is 1. The number of fused-ring (bicyclic) bond motifs is 1. The molecular formula is C14H14N2OS. The fraction of sp³-hybridized carbons (Fsp3) is 0.286. The minimum absolute atomic E-state index is 0.214. The van der Waals surface area contributed by atoms with E-state index in [1.54, 1.807) is 11.3 Å². The smallest absolute Gasteiger partial charge is 0.241 e. The molecule has 1 N–H and O–H groups in total. The molecule has 1 atom stereocenters. The molecule has 0 radical (unpaired) electrons. The van der Waals surface area contributed by atoms with E-state index in [1.807, 2.05) is 42.6 Å².